The molecule has 0 fully saturated rings. The van der Waals surface area contributed by atoms with E-state index in [9.17, 15) is 9.59 Å². The van der Waals surface area contributed by atoms with E-state index >= 15 is 0 Å². The highest BCUT2D eigenvalue weighted by atomic mass is 32.2. The fourth-order valence-electron chi connectivity index (χ4n) is 2.89. The first-order valence-corrected chi connectivity index (χ1v) is 10.7. The van der Waals surface area contributed by atoms with Crippen molar-refractivity contribution in [1.29, 1.82) is 0 Å². The molecule has 1 N–H and O–H groups in total. The normalized spacial score (nSPS) is 10.9. The standard InChI is InChI=1S/C21H22N2O3S2/c1-12-11-18(22-16-8-6-5-7-15(12)16)27-10-9-17(24)23-20-19(21(25)26-4)13(2)14(3)28-20/h5-8,11H,9-10H2,1-4H3,(H,23,24). The van der Waals surface area contributed by atoms with E-state index < -0.39 is 5.97 Å². The van der Waals surface area contributed by atoms with Crippen LogP contribution in [-0.2, 0) is 9.53 Å². The second-order valence-electron chi connectivity index (χ2n) is 6.42. The summed E-state index contributed by atoms with van der Waals surface area (Å²) in [5.74, 6) is 0.0480. The number of carbonyl (C=O) groups excluding carboxylic acids is 2. The molecule has 0 atom stereocenters. The van der Waals surface area contributed by atoms with Crippen molar-refractivity contribution < 1.29 is 14.3 Å². The third kappa shape index (κ3) is 4.36. The van der Waals surface area contributed by atoms with Crippen LogP contribution in [0.15, 0.2) is 35.4 Å². The van der Waals surface area contributed by atoms with Crippen molar-refractivity contribution >= 4 is 50.9 Å². The van der Waals surface area contributed by atoms with E-state index in [1.165, 1.54) is 24.0 Å². The largest absolute Gasteiger partial charge is 0.465 e. The predicted octanol–water partition coefficient (Wildman–Crippen LogP) is 5.13. The molecule has 1 amide bonds. The van der Waals surface area contributed by atoms with Crippen LogP contribution in [0.1, 0.15) is 32.8 Å². The SMILES string of the molecule is COC(=O)c1c(NC(=O)CCSc2cc(C)c3ccccc3n2)sc(C)c1C. The second kappa shape index (κ2) is 8.75. The van der Waals surface area contributed by atoms with Crippen molar-refractivity contribution in [3.05, 3.63) is 51.9 Å². The van der Waals surface area contributed by atoms with Crippen LogP contribution in [0.2, 0.25) is 0 Å². The van der Waals surface area contributed by atoms with E-state index in [4.69, 9.17) is 4.74 Å². The van der Waals surface area contributed by atoms with Gasteiger partial charge in [0.15, 0.2) is 0 Å². The van der Waals surface area contributed by atoms with E-state index in [0.29, 0.717) is 22.7 Å². The van der Waals surface area contributed by atoms with Gasteiger partial charge in [0.1, 0.15) is 5.00 Å². The van der Waals surface area contributed by atoms with Gasteiger partial charge < -0.3 is 10.1 Å². The predicted molar refractivity (Wildman–Crippen MR) is 116 cm³/mol. The van der Waals surface area contributed by atoms with E-state index in [1.807, 2.05) is 38.1 Å². The number of pyridine rings is 1. The van der Waals surface area contributed by atoms with Crippen molar-refractivity contribution in [3.8, 4) is 0 Å². The molecule has 146 valence electrons. The number of anilines is 1. The second-order valence-corrected chi connectivity index (χ2v) is 8.76. The number of thioether (sulfide) groups is 1. The monoisotopic (exact) mass is 414 g/mol. The van der Waals surface area contributed by atoms with Gasteiger partial charge in [-0.2, -0.15) is 0 Å². The number of methoxy groups -OCH3 is 1. The number of aryl methyl sites for hydroxylation is 2. The first-order chi connectivity index (χ1) is 13.4. The molecule has 0 aliphatic carbocycles. The van der Waals surface area contributed by atoms with Gasteiger partial charge in [-0.25, -0.2) is 9.78 Å². The number of aromatic nitrogens is 1. The molecule has 0 aliphatic heterocycles. The van der Waals surface area contributed by atoms with Crippen LogP contribution in [0.5, 0.6) is 0 Å². The molecular weight excluding hydrogens is 392 g/mol. The van der Waals surface area contributed by atoms with Gasteiger partial charge in [0.05, 0.1) is 23.2 Å². The van der Waals surface area contributed by atoms with Crippen molar-refractivity contribution in [3.63, 3.8) is 0 Å². The highest BCUT2D eigenvalue weighted by Gasteiger charge is 2.21. The van der Waals surface area contributed by atoms with Crippen molar-refractivity contribution in [2.75, 3.05) is 18.2 Å². The van der Waals surface area contributed by atoms with E-state index in [2.05, 4.69) is 23.3 Å². The third-order valence-corrected chi connectivity index (χ3v) is 6.54. The van der Waals surface area contributed by atoms with Crippen LogP contribution in [0.25, 0.3) is 10.9 Å². The van der Waals surface area contributed by atoms with Gasteiger partial charge in [-0.3, -0.25) is 4.79 Å². The molecule has 0 saturated carbocycles. The molecule has 28 heavy (non-hydrogen) atoms. The topological polar surface area (TPSA) is 68.3 Å². The summed E-state index contributed by atoms with van der Waals surface area (Å²) >= 11 is 2.95. The zero-order valence-electron chi connectivity index (χ0n) is 16.3. The summed E-state index contributed by atoms with van der Waals surface area (Å²) in [5.41, 5.74) is 3.42. The lowest BCUT2D eigenvalue weighted by atomic mass is 10.1. The Labute approximate surface area is 172 Å². The van der Waals surface area contributed by atoms with Crippen LogP contribution in [-0.4, -0.2) is 29.7 Å². The number of nitrogens with zero attached hydrogens (tertiary/aromatic N) is 1. The first-order valence-electron chi connectivity index (χ1n) is 8.88. The Bertz CT molecular complexity index is 1040. The van der Waals surface area contributed by atoms with Crippen molar-refractivity contribution in [1.82, 2.24) is 4.98 Å². The summed E-state index contributed by atoms with van der Waals surface area (Å²) in [6, 6.07) is 10.1. The minimum Gasteiger partial charge on any atom is -0.465 e. The molecule has 0 radical (unpaired) electrons. The number of rotatable bonds is 6. The van der Waals surface area contributed by atoms with Gasteiger partial charge in [0, 0.05) is 22.4 Å². The van der Waals surface area contributed by atoms with E-state index in [1.54, 1.807) is 11.8 Å². The number of fused-ring (bicyclic) bond motifs is 1. The van der Waals surface area contributed by atoms with Gasteiger partial charge in [-0.1, -0.05) is 18.2 Å². The number of ether oxygens (including phenoxy) is 1. The number of para-hydroxylation sites is 1. The fourth-order valence-corrected chi connectivity index (χ4v) is 4.88. The summed E-state index contributed by atoms with van der Waals surface area (Å²) in [7, 11) is 1.34. The fraction of sp³-hybridized carbons (Fsp3) is 0.286. The highest BCUT2D eigenvalue weighted by Crippen LogP contribution is 2.33. The molecule has 3 rings (SSSR count). The van der Waals surface area contributed by atoms with Crippen LogP contribution in [0.4, 0.5) is 5.00 Å². The molecule has 0 spiro atoms. The smallest absolute Gasteiger partial charge is 0.341 e. The number of hydrogen-bond donors (Lipinski definition) is 1. The summed E-state index contributed by atoms with van der Waals surface area (Å²) < 4.78 is 4.84. The van der Waals surface area contributed by atoms with Crippen molar-refractivity contribution in [2.45, 2.75) is 32.2 Å². The average molecular weight is 415 g/mol. The van der Waals surface area contributed by atoms with Crippen LogP contribution in [0.3, 0.4) is 0 Å². The van der Waals surface area contributed by atoms with Crippen molar-refractivity contribution in [2.24, 2.45) is 0 Å². The molecule has 0 unspecified atom stereocenters. The molecule has 0 aliphatic rings. The van der Waals surface area contributed by atoms with Gasteiger partial charge in [-0.15, -0.1) is 23.1 Å². The highest BCUT2D eigenvalue weighted by molar-refractivity contribution is 7.99. The molecule has 7 heteroatoms. The Morgan fingerprint density at radius 3 is 2.71 bits per heavy atom. The molecule has 2 aromatic heterocycles. The summed E-state index contributed by atoms with van der Waals surface area (Å²) in [6.45, 7) is 5.85. The van der Waals surface area contributed by atoms with Crippen LogP contribution < -0.4 is 5.32 Å². The molecule has 0 bridgehead atoms. The summed E-state index contributed by atoms with van der Waals surface area (Å²) in [6.07, 6.45) is 0.328. The minimum absolute atomic E-state index is 0.128. The zero-order chi connectivity index (χ0) is 20.3. The maximum absolute atomic E-state index is 12.4. The van der Waals surface area contributed by atoms with Gasteiger partial charge in [0.2, 0.25) is 5.91 Å². The molecule has 5 nitrogen and oxygen atoms in total. The molecular formula is C21H22N2O3S2. The van der Waals surface area contributed by atoms with Gasteiger partial charge in [-0.05, 0) is 44.0 Å². The Hall–Kier alpha value is -2.38. The number of carbonyl (C=O) groups is 2. The minimum atomic E-state index is -0.428. The molecule has 3 aromatic rings. The molecule has 1 aromatic carbocycles. The number of amides is 1. The Kier molecular flexibility index (Phi) is 6.36. The Morgan fingerprint density at radius 1 is 1.21 bits per heavy atom. The number of nitrogens with one attached hydrogen (secondary N) is 1. The average Bonchev–Trinajstić information content (AvgIpc) is 2.94. The number of benzene rings is 1. The maximum Gasteiger partial charge on any atom is 0.341 e. The lowest BCUT2D eigenvalue weighted by Crippen LogP contribution is -2.14. The number of hydrogen-bond acceptors (Lipinski definition) is 6. The Morgan fingerprint density at radius 2 is 1.96 bits per heavy atom. The molecule has 2 heterocycles. The lowest BCUT2D eigenvalue weighted by molar-refractivity contribution is -0.115. The lowest BCUT2D eigenvalue weighted by Gasteiger charge is -2.07. The van der Waals surface area contributed by atoms with Crippen LogP contribution in [0, 0.1) is 20.8 Å². The maximum atomic E-state index is 12.4. The van der Waals surface area contributed by atoms with E-state index in [-0.39, 0.29) is 5.91 Å². The first kappa shape index (κ1) is 20.4. The number of esters is 1. The Balaban J connectivity index is 1.63. The summed E-state index contributed by atoms with van der Waals surface area (Å²) in [5, 5.41) is 5.46. The van der Waals surface area contributed by atoms with Gasteiger partial charge in [0.25, 0.3) is 0 Å². The summed E-state index contributed by atoms with van der Waals surface area (Å²) in [4.78, 5) is 30.0. The zero-order valence-corrected chi connectivity index (χ0v) is 17.9. The quantitative estimate of drug-likeness (QED) is 0.447. The van der Waals surface area contributed by atoms with E-state index in [0.717, 1.165) is 26.4 Å². The van der Waals surface area contributed by atoms with Crippen LogP contribution >= 0.6 is 23.1 Å². The third-order valence-electron chi connectivity index (χ3n) is 4.51. The molecule has 0 saturated heterocycles. The number of thiophene rings is 1. The van der Waals surface area contributed by atoms with Gasteiger partial charge >= 0.3 is 5.97 Å².